The summed E-state index contributed by atoms with van der Waals surface area (Å²) >= 11 is 0. The smallest absolute Gasteiger partial charge is 0.309 e. The number of guanidine groups is 1. The average Bonchev–Trinajstić information content (AvgIpc) is 3.05. The van der Waals surface area contributed by atoms with Gasteiger partial charge in [-0.15, -0.1) is 0 Å². The standard InChI is InChI=1S/C25H39N3O5S/c1-9-13-32-23(29)19(15(2)3)11-10-12-27-24(26)28-34(30,31)22-17(5)16(4)21-20(18(22)6)14-25(7,8)33-21/h9,15,19H,1,10-14H2,2-8H3,(H3,26,27,28). The highest BCUT2D eigenvalue weighted by Crippen LogP contribution is 2.43. The van der Waals surface area contributed by atoms with E-state index in [0.29, 0.717) is 36.9 Å². The minimum absolute atomic E-state index is 0.109. The quantitative estimate of drug-likeness (QED) is 0.150. The van der Waals surface area contributed by atoms with Crippen LogP contribution in [-0.2, 0) is 26.0 Å². The number of esters is 1. The number of hydrogen-bond acceptors (Lipinski definition) is 6. The van der Waals surface area contributed by atoms with Gasteiger partial charge in [0.15, 0.2) is 0 Å². The predicted octanol–water partition coefficient (Wildman–Crippen LogP) is 3.91. The molecular formula is C25H39N3O5S. The van der Waals surface area contributed by atoms with Crippen molar-refractivity contribution in [3.63, 3.8) is 0 Å². The molecule has 1 atom stereocenters. The molecular weight excluding hydrogens is 454 g/mol. The van der Waals surface area contributed by atoms with Crippen LogP contribution in [0.4, 0.5) is 0 Å². The van der Waals surface area contributed by atoms with Crippen molar-refractivity contribution < 1.29 is 22.7 Å². The molecule has 1 aromatic carbocycles. The lowest BCUT2D eigenvalue weighted by molar-refractivity contribution is -0.149. The van der Waals surface area contributed by atoms with E-state index in [9.17, 15) is 13.2 Å². The average molecular weight is 494 g/mol. The molecule has 34 heavy (non-hydrogen) atoms. The van der Waals surface area contributed by atoms with Gasteiger partial charge < -0.3 is 14.8 Å². The molecule has 9 heteroatoms. The summed E-state index contributed by atoms with van der Waals surface area (Å²) in [6, 6.07) is 0. The Hall–Kier alpha value is -2.55. The zero-order chi connectivity index (χ0) is 25.8. The maximum atomic E-state index is 13.2. The minimum atomic E-state index is -3.97. The van der Waals surface area contributed by atoms with E-state index in [1.165, 1.54) is 6.08 Å². The van der Waals surface area contributed by atoms with Gasteiger partial charge >= 0.3 is 5.97 Å². The summed E-state index contributed by atoms with van der Waals surface area (Å²) in [5, 5.41) is 10.9. The lowest BCUT2D eigenvalue weighted by atomic mass is 9.91. The summed E-state index contributed by atoms with van der Waals surface area (Å²) in [5.41, 5.74) is 2.58. The third-order valence-electron chi connectivity index (χ3n) is 6.24. The Morgan fingerprint density at radius 1 is 1.24 bits per heavy atom. The first-order chi connectivity index (χ1) is 15.7. The van der Waals surface area contributed by atoms with Crippen LogP contribution >= 0.6 is 0 Å². The van der Waals surface area contributed by atoms with Gasteiger partial charge in [-0.1, -0.05) is 26.5 Å². The van der Waals surface area contributed by atoms with Gasteiger partial charge in [-0.25, -0.2) is 13.1 Å². The van der Waals surface area contributed by atoms with Crippen molar-refractivity contribution in [1.29, 1.82) is 5.41 Å². The maximum Gasteiger partial charge on any atom is 0.309 e. The van der Waals surface area contributed by atoms with Gasteiger partial charge in [-0.2, -0.15) is 0 Å². The molecule has 8 nitrogen and oxygen atoms in total. The summed E-state index contributed by atoms with van der Waals surface area (Å²) < 4.78 is 40.0. The van der Waals surface area contributed by atoms with Crippen LogP contribution in [0.25, 0.3) is 0 Å². The maximum absolute atomic E-state index is 13.2. The molecule has 0 amide bonds. The first-order valence-corrected chi connectivity index (χ1v) is 13.1. The predicted molar refractivity (Wildman–Crippen MR) is 134 cm³/mol. The third-order valence-corrected chi connectivity index (χ3v) is 7.86. The summed E-state index contributed by atoms with van der Waals surface area (Å²) in [5.74, 6) is 0.0371. The van der Waals surface area contributed by atoms with Crippen molar-refractivity contribution in [1.82, 2.24) is 10.0 Å². The Bertz CT molecular complexity index is 1060. The summed E-state index contributed by atoms with van der Waals surface area (Å²) in [4.78, 5) is 12.4. The molecule has 1 aliphatic heterocycles. The Morgan fingerprint density at radius 2 is 1.88 bits per heavy atom. The molecule has 0 fully saturated rings. The number of rotatable bonds is 10. The van der Waals surface area contributed by atoms with Crippen molar-refractivity contribution >= 4 is 22.0 Å². The number of sulfonamides is 1. The van der Waals surface area contributed by atoms with E-state index in [-0.39, 0.29) is 40.9 Å². The van der Waals surface area contributed by atoms with Crippen molar-refractivity contribution in [2.75, 3.05) is 13.2 Å². The first kappa shape index (κ1) is 27.7. The molecule has 0 saturated heterocycles. The fourth-order valence-corrected chi connectivity index (χ4v) is 5.90. The van der Waals surface area contributed by atoms with Crippen LogP contribution < -0.4 is 14.8 Å². The minimum Gasteiger partial charge on any atom is -0.487 e. The molecule has 0 bridgehead atoms. The molecule has 0 aromatic heterocycles. The fraction of sp³-hybridized carbons (Fsp3) is 0.600. The van der Waals surface area contributed by atoms with Gasteiger partial charge in [0.2, 0.25) is 5.96 Å². The van der Waals surface area contributed by atoms with Crippen molar-refractivity contribution in [3.05, 3.63) is 34.9 Å². The number of hydrogen-bond donors (Lipinski definition) is 3. The van der Waals surface area contributed by atoms with Crippen LogP contribution in [0.15, 0.2) is 17.6 Å². The Balaban J connectivity index is 2.04. The second kappa shape index (κ2) is 10.8. The molecule has 0 radical (unpaired) electrons. The second-order valence-corrected chi connectivity index (χ2v) is 11.5. The van der Waals surface area contributed by atoms with Crippen molar-refractivity contribution in [3.8, 4) is 5.75 Å². The number of carbonyl (C=O) groups is 1. The van der Waals surface area contributed by atoms with Crippen molar-refractivity contribution in [2.45, 2.75) is 78.2 Å². The lowest BCUT2D eigenvalue weighted by Gasteiger charge is -2.20. The van der Waals surface area contributed by atoms with Crippen LogP contribution in [0.2, 0.25) is 0 Å². The molecule has 0 spiro atoms. The van der Waals surface area contributed by atoms with E-state index in [1.807, 2.05) is 34.6 Å². The van der Waals surface area contributed by atoms with Crippen LogP contribution in [0.3, 0.4) is 0 Å². The molecule has 2 rings (SSSR count). The Labute approximate surface area is 204 Å². The topological polar surface area (TPSA) is 118 Å². The largest absolute Gasteiger partial charge is 0.487 e. The molecule has 1 unspecified atom stereocenters. The molecule has 1 heterocycles. The highest BCUT2D eigenvalue weighted by molar-refractivity contribution is 7.90. The first-order valence-electron chi connectivity index (χ1n) is 11.7. The van der Waals surface area contributed by atoms with E-state index in [4.69, 9.17) is 14.9 Å². The fourth-order valence-electron chi connectivity index (χ4n) is 4.38. The highest BCUT2D eigenvalue weighted by Gasteiger charge is 2.36. The van der Waals surface area contributed by atoms with Gasteiger partial charge in [-0.05, 0) is 70.1 Å². The van der Waals surface area contributed by atoms with Gasteiger partial charge in [0.25, 0.3) is 10.0 Å². The number of nitrogens with one attached hydrogen (secondary N) is 3. The molecule has 1 aliphatic rings. The van der Waals surface area contributed by atoms with Gasteiger partial charge in [0.1, 0.15) is 18.0 Å². The number of fused-ring (bicyclic) bond motifs is 1. The van der Waals surface area contributed by atoms with Gasteiger partial charge in [-0.3, -0.25) is 10.2 Å². The summed E-state index contributed by atoms with van der Waals surface area (Å²) in [6.45, 7) is 17.4. The van der Waals surface area contributed by atoms with E-state index >= 15 is 0 Å². The van der Waals surface area contributed by atoms with Gasteiger partial charge in [0, 0.05) is 18.5 Å². The second-order valence-electron chi connectivity index (χ2n) is 9.87. The SMILES string of the molecule is C=CCOC(=O)C(CCCNC(=N)NS(=O)(=O)c1c(C)c(C)c2c(c1C)CC(C)(C)O2)C(C)C. The van der Waals surface area contributed by atoms with Crippen LogP contribution in [0.1, 0.15) is 62.8 Å². The molecule has 3 N–H and O–H groups in total. The lowest BCUT2D eigenvalue weighted by Crippen LogP contribution is -2.41. The van der Waals surface area contributed by atoms with E-state index < -0.39 is 10.0 Å². The van der Waals surface area contributed by atoms with E-state index in [2.05, 4.69) is 16.6 Å². The highest BCUT2D eigenvalue weighted by atomic mass is 32.2. The molecule has 0 aliphatic carbocycles. The molecule has 0 saturated carbocycles. The molecule has 1 aromatic rings. The van der Waals surface area contributed by atoms with Crippen LogP contribution in [0.5, 0.6) is 5.75 Å². The van der Waals surface area contributed by atoms with E-state index in [1.54, 1.807) is 13.8 Å². The number of benzene rings is 1. The Morgan fingerprint density at radius 3 is 2.47 bits per heavy atom. The van der Waals surface area contributed by atoms with Gasteiger partial charge in [0.05, 0.1) is 10.8 Å². The van der Waals surface area contributed by atoms with Crippen molar-refractivity contribution in [2.24, 2.45) is 11.8 Å². The summed E-state index contributed by atoms with van der Waals surface area (Å²) in [7, 11) is -3.97. The normalized spacial score (nSPS) is 15.3. The van der Waals surface area contributed by atoms with Crippen LogP contribution in [-0.4, -0.2) is 39.1 Å². The third kappa shape index (κ3) is 6.31. The molecule has 190 valence electrons. The van der Waals surface area contributed by atoms with E-state index in [0.717, 1.165) is 16.9 Å². The summed E-state index contributed by atoms with van der Waals surface area (Å²) in [6.07, 6.45) is 3.31. The van der Waals surface area contributed by atoms with Crippen LogP contribution in [0, 0.1) is 38.0 Å². The zero-order valence-electron chi connectivity index (χ0n) is 21.4. The monoisotopic (exact) mass is 493 g/mol. The number of carbonyl (C=O) groups excluding carboxylic acids is 1. The number of ether oxygens (including phenoxy) is 2. The zero-order valence-corrected chi connectivity index (χ0v) is 22.2. The Kier molecular flexibility index (Phi) is 8.80.